The number of ether oxygens (including phenoxy) is 1. The molecular weight excluding hydrogens is 234 g/mol. The number of carbonyl (C=O) groups excluding carboxylic acids is 1. The predicted molar refractivity (Wildman–Crippen MR) is 65.1 cm³/mol. The second-order valence-electron chi connectivity index (χ2n) is 5.45. The van der Waals surface area contributed by atoms with E-state index in [2.05, 4.69) is 0 Å². The Balaban J connectivity index is 1.94. The van der Waals surface area contributed by atoms with E-state index < -0.39 is 5.97 Å². The Kier molecular flexibility index (Phi) is 3.90. The second kappa shape index (κ2) is 5.26. The molecule has 2 aliphatic rings. The third kappa shape index (κ3) is 2.66. The molecule has 102 valence electrons. The normalized spacial score (nSPS) is 25.8. The number of nitrogens with zero attached hydrogens (tertiary/aromatic N) is 1. The number of piperidine rings is 1. The lowest BCUT2D eigenvalue weighted by Crippen LogP contribution is -2.45. The van der Waals surface area contributed by atoms with Crippen molar-refractivity contribution in [1.82, 2.24) is 4.90 Å². The maximum Gasteiger partial charge on any atom is 0.308 e. The van der Waals surface area contributed by atoms with Crippen molar-refractivity contribution in [3.05, 3.63) is 0 Å². The van der Waals surface area contributed by atoms with Gasteiger partial charge in [0.1, 0.15) is 0 Å². The molecule has 1 aliphatic carbocycles. The van der Waals surface area contributed by atoms with Gasteiger partial charge >= 0.3 is 5.97 Å². The van der Waals surface area contributed by atoms with E-state index in [1.54, 1.807) is 12.0 Å². The average Bonchev–Trinajstić information content (AvgIpc) is 3.17. The van der Waals surface area contributed by atoms with Gasteiger partial charge in [-0.1, -0.05) is 0 Å². The molecule has 0 aromatic carbocycles. The summed E-state index contributed by atoms with van der Waals surface area (Å²) in [6.45, 7) is 1.68. The molecular formula is C13H21NO4. The first-order valence-corrected chi connectivity index (χ1v) is 6.60. The van der Waals surface area contributed by atoms with Gasteiger partial charge in [-0.25, -0.2) is 0 Å². The van der Waals surface area contributed by atoms with Gasteiger partial charge in [0.2, 0.25) is 5.91 Å². The summed E-state index contributed by atoms with van der Waals surface area (Å²) in [6, 6.07) is 0. The zero-order valence-corrected chi connectivity index (χ0v) is 10.9. The average molecular weight is 255 g/mol. The van der Waals surface area contributed by atoms with E-state index in [0.29, 0.717) is 26.1 Å². The number of amides is 1. The molecule has 1 N–H and O–H groups in total. The lowest BCUT2D eigenvalue weighted by molar-refractivity contribution is -0.147. The van der Waals surface area contributed by atoms with Crippen molar-refractivity contribution < 1.29 is 19.4 Å². The highest BCUT2D eigenvalue weighted by Gasteiger charge is 2.51. The van der Waals surface area contributed by atoms with Gasteiger partial charge in [-0.2, -0.15) is 0 Å². The smallest absolute Gasteiger partial charge is 0.308 e. The van der Waals surface area contributed by atoms with Gasteiger partial charge in [0.15, 0.2) is 0 Å². The largest absolute Gasteiger partial charge is 0.481 e. The van der Waals surface area contributed by atoms with Crippen molar-refractivity contribution in [2.24, 2.45) is 11.3 Å². The van der Waals surface area contributed by atoms with Crippen LogP contribution in [0.3, 0.4) is 0 Å². The van der Waals surface area contributed by atoms with Crippen LogP contribution >= 0.6 is 0 Å². The van der Waals surface area contributed by atoms with E-state index in [9.17, 15) is 9.59 Å². The molecule has 18 heavy (non-hydrogen) atoms. The maximum atomic E-state index is 12.4. The number of hydrogen-bond donors (Lipinski definition) is 1. The lowest BCUT2D eigenvalue weighted by atomic mass is 9.94. The monoisotopic (exact) mass is 255 g/mol. The summed E-state index contributed by atoms with van der Waals surface area (Å²) in [5, 5.41) is 9.04. The standard InChI is InChI=1S/C13H21NO4/c1-18-8-6-13(4-5-13)12(17)14-7-2-3-10(9-14)11(15)16/h10H,2-9H2,1H3,(H,15,16)/t10-/m0/s1. The molecule has 0 unspecified atom stereocenters. The Morgan fingerprint density at radius 3 is 2.72 bits per heavy atom. The van der Waals surface area contributed by atoms with Crippen LogP contribution in [0.25, 0.3) is 0 Å². The molecule has 0 aromatic heterocycles. The van der Waals surface area contributed by atoms with Crippen LogP contribution in [0.5, 0.6) is 0 Å². The third-order valence-electron chi connectivity index (χ3n) is 4.15. The van der Waals surface area contributed by atoms with Crippen LogP contribution < -0.4 is 0 Å². The minimum atomic E-state index is -0.783. The van der Waals surface area contributed by atoms with Crippen LogP contribution in [0, 0.1) is 11.3 Å². The SMILES string of the molecule is COCCC1(C(=O)N2CCC[C@H](C(=O)O)C2)CC1. The molecule has 0 bridgehead atoms. The molecule has 1 saturated heterocycles. The molecule has 0 spiro atoms. The fourth-order valence-corrected chi connectivity index (χ4v) is 2.72. The van der Waals surface area contributed by atoms with E-state index >= 15 is 0 Å². The van der Waals surface area contributed by atoms with E-state index in [1.165, 1.54) is 0 Å². The van der Waals surface area contributed by atoms with Crippen molar-refractivity contribution in [2.75, 3.05) is 26.8 Å². The van der Waals surface area contributed by atoms with Crippen LogP contribution in [-0.4, -0.2) is 48.7 Å². The van der Waals surface area contributed by atoms with Crippen molar-refractivity contribution in [3.8, 4) is 0 Å². The summed E-state index contributed by atoms with van der Waals surface area (Å²) in [4.78, 5) is 25.2. The highest BCUT2D eigenvalue weighted by Crippen LogP contribution is 2.50. The quantitative estimate of drug-likeness (QED) is 0.799. The van der Waals surface area contributed by atoms with Gasteiger partial charge in [0, 0.05) is 26.8 Å². The number of methoxy groups -OCH3 is 1. The Morgan fingerprint density at radius 2 is 2.17 bits per heavy atom. The number of carboxylic acid groups (broad SMARTS) is 1. The van der Waals surface area contributed by atoms with Crippen molar-refractivity contribution in [2.45, 2.75) is 32.1 Å². The van der Waals surface area contributed by atoms with Gasteiger partial charge in [-0.15, -0.1) is 0 Å². The molecule has 2 fully saturated rings. The van der Waals surface area contributed by atoms with Crippen molar-refractivity contribution in [3.63, 3.8) is 0 Å². The molecule has 1 amide bonds. The second-order valence-corrected chi connectivity index (χ2v) is 5.45. The van der Waals surface area contributed by atoms with E-state index in [4.69, 9.17) is 9.84 Å². The Bertz CT molecular complexity index is 338. The predicted octanol–water partition coefficient (Wildman–Crippen LogP) is 1.13. The molecule has 1 heterocycles. The zero-order chi connectivity index (χ0) is 13.2. The van der Waals surface area contributed by atoms with Gasteiger partial charge in [-0.3, -0.25) is 9.59 Å². The van der Waals surface area contributed by atoms with Gasteiger partial charge < -0.3 is 14.7 Å². The fraction of sp³-hybridized carbons (Fsp3) is 0.846. The molecule has 0 aromatic rings. The summed E-state index contributed by atoms with van der Waals surface area (Å²) >= 11 is 0. The van der Waals surface area contributed by atoms with E-state index in [0.717, 1.165) is 25.7 Å². The van der Waals surface area contributed by atoms with Gasteiger partial charge in [-0.05, 0) is 32.1 Å². The number of rotatable bonds is 5. The van der Waals surface area contributed by atoms with Crippen molar-refractivity contribution >= 4 is 11.9 Å². The zero-order valence-electron chi connectivity index (χ0n) is 10.9. The van der Waals surface area contributed by atoms with E-state index in [1.807, 2.05) is 0 Å². The molecule has 0 radical (unpaired) electrons. The highest BCUT2D eigenvalue weighted by molar-refractivity contribution is 5.86. The molecule has 1 aliphatic heterocycles. The van der Waals surface area contributed by atoms with Crippen LogP contribution in [0.4, 0.5) is 0 Å². The molecule has 5 nitrogen and oxygen atoms in total. The third-order valence-corrected chi connectivity index (χ3v) is 4.15. The summed E-state index contributed by atoms with van der Waals surface area (Å²) in [5.74, 6) is -1.03. The number of hydrogen-bond acceptors (Lipinski definition) is 3. The first-order chi connectivity index (χ1) is 8.59. The summed E-state index contributed by atoms with van der Waals surface area (Å²) in [7, 11) is 1.64. The Morgan fingerprint density at radius 1 is 1.44 bits per heavy atom. The van der Waals surface area contributed by atoms with Crippen LogP contribution in [0.1, 0.15) is 32.1 Å². The van der Waals surface area contributed by atoms with Gasteiger partial charge in [0.25, 0.3) is 0 Å². The minimum Gasteiger partial charge on any atom is -0.481 e. The Hall–Kier alpha value is -1.10. The first-order valence-electron chi connectivity index (χ1n) is 6.60. The summed E-state index contributed by atoms with van der Waals surface area (Å²) in [6.07, 6.45) is 4.08. The number of carbonyl (C=O) groups is 2. The Labute approximate surface area is 107 Å². The molecule has 2 rings (SSSR count). The van der Waals surface area contributed by atoms with Crippen LogP contribution in [-0.2, 0) is 14.3 Å². The van der Waals surface area contributed by atoms with Crippen molar-refractivity contribution in [1.29, 1.82) is 0 Å². The summed E-state index contributed by atoms with van der Waals surface area (Å²) in [5.41, 5.74) is -0.240. The van der Waals surface area contributed by atoms with Crippen LogP contribution in [0.2, 0.25) is 0 Å². The van der Waals surface area contributed by atoms with Gasteiger partial charge in [0.05, 0.1) is 11.3 Å². The maximum absolute atomic E-state index is 12.4. The molecule has 1 saturated carbocycles. The summed E-state index contributed by atoms with van der Waals surface area (Å²) < 4.78 is 5.05. The highest BCUT2D eigenvalue weighted by atomic mass is 16.5. The molecule has 1 atom stereocenters. The number of likely N-dealkylation sites (tertiary alicyclic amines) is 1. The fourth-order valence-electron chi connectivity index (χ4n) is 2.72. The lowest BCUT2D eigenvalue weighted by Gasteiger charge is -2.33. The van der Waals surface area contributed by atoms with Crippen LogP contribution in [0.15, 0.2) is 0 Å². The number of carboxylic acids is 1. The van der Waals surface area contributed by atoms with E-state index in [-0.39, 0.29) is 17.2 Å². The first kappa shape index (κ1) is 13.3. The molecule has 5 heteroatoms. The minimum absolute atomic E-state index is 0.144. The topological polar surface area (TPSA) is 66.8 Å². The number of aliphatic carboxylic acids is 1.